The van der Waals surface area contributed by atoms with Crippen LogP contribution in [-0.4, -0.2) is 40.1 Å². The Morgan fingerprint density at radius 3 is 3.06 bits per heavy atom. The van der Waals surface area contributed by atoms with Gasteiger partial charge in [-0.15, -0.1) is 0 Å². The van der Waals surface area contributed by atoms with Crippen molar-refractivity contribution in [1.82, 2.24) is 9.88 Å². The van der Waals surface area contributed by atoms with E-state index in [0.29, 0.717) is 17.9 Å². The summed E-state index contributed by atoms with van der Waals surface area (Å²) in [5.74, 6) is 0.279. The Bertz CT molecular complexity index is 422. The van der Waals surface area contributed by atoms with Gasteiger partial charge >= 0.3 is 0 Å². The van der Waals surface area contributed by atoms with Crippen LogP contribution in [-0.2, 0) is 0 Å². The topological polar surface area (TPSA) is 79.5 Å². The van der Waals surface area contributed by atoms with Crippen LogP contribution in [0.4, 0.5) is 5.82 Å². The first-order chi connectivity index (χ1) is 8.72. The summed E-state index contributed by atoms with van der Waals surface area (Å²) in [5, 5.41) is 9.41. The zero-order valence-electron chi connectivity index (χ0n) is 10.4. The largest absolute Gasteiger partial charge is 0.394 e. The molecule has 98 valence electrons. The third-order valence-corrected chi connectivity index (χ3v) is 3.38. The second kappa shape index (κ2) is 5.82. The molecule has 0 radical (unpaired) electrons. The lowest BCUT2D eigenvalue weighted by atomic mass is 10.1. The summed E-state index contributed by atoms with van der Waals surface area (Å²) in [7, 11) is 0. The third kappa shape index (κ3) is 2.79. The van der Waals surface area contributed by atoms with E-state index in [-0.39, 0.29) is 18.6 Å². The number of amides is 1. The number of anilines is 1. The van der Waals surface area contributed by atoms with Gasteiger partial charge < -0.3 is 15.7 Å². The summed E-state index contributed by atoms with van der Waals surface area (Å²) in [6.45, 7) is 0.721. The van der Waals surface area contributed by atoms with Crippen molar-refractivity contribution in [3.63, 3.8) is 0 Å². The van der Waals surface area contributed by atoms with Crippen LogP contribution in [0, 0.1) is 0 Å². The van der Waals surface area contributed by atoms with Crippen molar-refractivity contribution >= 4 is 11.7 Å². The van der Waals surface area contributed by atoms with Gasteiger partial charge in [0.2, 0.25) is 0 Å². The number of aromatic nitrogens is 1. The Kier molecular flexibility index (Phi) is 4.15. The van der Waals surface area contributed by atoms with E-state index in [1.165, 1.54) is 6.20 Å². The molecule has 0 saturated carbocycles. The summed E-state index contributed by atoms with van der Waals surface area (Å²) < 4.78 is 0. The standard InChI is InChI=1S/C13H19N3O2/c14-12-8-10(5-6-15-12)13(18)16-7-3-1-2-4-11(16)9-17/h5-6,8,11,17H,1-4,7,9H2,(H2,14,15). The van der Waals surface area contributed by atoms with Crippen LogP contribution >= 0.6 is 0 Å². The van der Waals surface area contributed by atoms with Crippen molar-refractivity contribution < 1.29 is 9.90 Å². The summed E-state index contributed by atoms with van der Waals surface area (Å²) in [6.07, 6.45) is 5.56. The van der Waals surface area contributed by atoms with Gasteiger partial charge in [-0.2, -0.15) is 0 Å². The minimum Gasteiger partial charge on any atom is -0.394 e. The van der Waals surface area contributed by atoms with Crippen molar-refractivity contribution in [3.05, 3.63) is 23.9 Å². The monoisotopic (exact) mass is 249 g/mol. The molecule has 2 rings (SSSR count). The Labute approximate surface area is 107 Å². The SMILES string of the molecule is Nc1cc(C(=O)N2CCCCCC2CO)ccn1. The van der Waals surface area contributed by atoms with E-state index in [2.05, 4.69) is 4.98 Å². The number of nitrogens with zero attached hydrogens (tertiary/aromatic N) is 2. The molecule has 1 aliphatic heterocycles. The van der Waals surface area contributed by atoms with Crippen LogP contribution in [0.1, 0.15) is 36.0 Å². The average molecular weight is 249 g/mol. The molecule has 5 heteroatoms. The van der Waals surface area contributed by atoms with Crippen molar-refractivity contribution in [3.8, 4) is 0 Å². The maximum absolute atomic E-state index is 12.4. The predicted octanol–water partition coefficient (Wildman–Crippen LogP) is 1.04. The molecule has 1 saturated heterocycles. The van der Waals surface area contributed by atoms with Gasteiger partial charge in [0, 0.05) is 18.3 Å². The number of likely N-dealkylation sites (tertiary alicyclic amines) is 1. The molecule has 1 aromatic heterocycles. The zero-order chi connectivity index (χ0) is 13.0. The molecule has 5 nitrogen and oxygen atoms in total. The molecular weight excluding hydrogens is 230 g/mol. The minimum atomic E-state index is -0.0746. The molecule has 1 unspecified atom stereocenters. The van der Waals surface area contributed by atoms with Gasteiger partial charge in [-0.05, 0) is 25.0 Å². The van der Waals surface area contributed by atoms with E-state index in [1.54, 1.807) is 17.0 Å². The number of carbonyl (C=O) groups excluding carboxylic acids is 1. The molecule has 1 aromatic rings. The van der Waals surface area contributed by atoms with E-state index < -0.39 is 0 Å². The second-order valence-electron chi connectivity index (χ2n) is 4.65. The fourth-order valence-electron chi connectivity index (χ4n) is 2.38. The highest BCUT2D eigenvalue weighted by molar-refractivity contribution is 5.95. The van der Waals surface area contributed by atoms with Crippen molar-refractivity contribution in [2.45, 2.75) is 31.7 Å². The highest BCUT2D eigenvalue weighted by atomic mass is 16.3. The Morgan fingerprint density at radius 1 is 1.50 bits per heavy atom. The lowest BCUT2D eigenvalue weighted by Gasteiger charge is -2.28. The predicted molar refractivity (Wildman–Crippen MR) is 69.0 cm³/mol. The Morgan fingerprint density at radius 2 is 2.33 bits per heavy atom. The van der Waals surface area contributed by atoms with Crippen LogP contribution in [0.25, 0.3) is 0 Å². The molecule has 1 aliphatic rings. The first-order valence-corrected chi connectivity index (χ1v) is 6.35. The van der Waals surface area contributed by atoms with Crippen molar-refractivity contribution in [2.24, 2.45) is 0 Å². The van der Waals surface area contributed by atoms with Gasteiger partial charge in [-0.3, -0.25) is 4.79 Å². The number of aliphatic hydroxyl groups is 1. The van der Waals surface area contributed by atoms with Crippen LogP contribution in [0.2, 0.25) is 0 Å². The number of nitrogens with two attached hydrogens (primary N) is 1. The molecule has 0 bridgehead atoms. The fourth-order valence-corrected chi connectivity index (χ4v) is 2.38. The minimum absolute atomic E-state index is 0.0201. The van der Waals surface area contributed by atoms with E-state index >= 15 is 0 Å². The highest BCUT2D eigenvalue weighted by Gasteiger charge is 2.25. The number of pyridine rings is 1. The summed E-state index contributed by atoms with van der Waals surface area (Å²) in [5.41, 5.74) is 6.14. The van der Waals surface area contributed by atoms with Crippen LogP contribution < -0.4 is 5.73 Å². The van der Waals surface area contributed by atoms with Gasteiger partial charge in [-0.25, -0.2) is 4.98 Å². The Balaban J connectivity index is 2.19. The number of carbonyl (C=O) groups is 1. The Hall–Kier alpha value is -1.62. The van der Waals surface area contributed by atoms with E-state index in [1.807, 2.05) is 0 Å². The number of aliphatic hydroxyl groups excluding tert-OH is 1. The van der Waals surface area contributed by atoms with Crippen LogP contribution in [0.5, 0.6) is 0 Å². The number of nitrogen functional groups attached to an aromatic ring is 1. The van der Waals surface area contributed by atoms with Crippen LogP contribution in [0.3, 0.4) is 0 Å². The summed E-state index contributed by atoms with van der Waals surface area (Å²) in [6, 6.07) is 3.18. The summed E-state index contributed by atoms with van der Waals surface area (Å²) in [4.78, 5) is 18.1. The molecule has 0 aromatic carbocycles. The van der Waals surface area contributed by atoms with Gasteiger partial charge in [0.05, 0.1) is 12.6 Å². The lowest BCUT2D eigenvalue weighted by Crippen LogP contribution is -2.42. The quantitative estimate of drug-likeness (QED) is 0.820. The first-order valence-electron chi connectivity index (χ1n) is 6.35. The number of rotatable bonds is 2. The van der Waals surface area contributed by atoms with E-state index in [4.69, 9.17) is 5.73 Å². The number of hydrogen-bond acceptors (Lipinski definition) is 4. The molecule has 1 atom stereocenters. The maximum Gasteiger partial charge on any atom is 0.254 e. The van der Waals surface area contributed by atoms with Crippen molar-refractivity contribution in [1.29, 1.82) is 0 Å². The zero-order valence-corrected chi connectivity index (χ0v) is 10.4. The average Bonchev–Trinajstić information content (AvgIpc) is 2.62. The highest BCUT2D eigenvalue weighted by Crippen LogP contribution is 2.19. The second-order valence-corrected chi connectivity index (χ2v) is 4.65. The van der Waals surface area contributed by atoms with Gasteiger partial charge in [0.15, 0.2) is 0 Å². The molecule has 18 heavy (non-hydrogen) atoms. The van der Waals surface area contributed by atoms with Crippen LogP contribution in [0.15, 0.2) is 18.3 Å². The van der Waals surface area contributed by atoms with E-state index in [9.17, 15) is 9.90 Å². The molecule has 1 fully saturated rings. The van der Waals surface area contributed by atoms with Gasteiger partial charge in [0.1, 0.15) is 5.82 Å². The van der Waals surface area contributed by atoms with Gasteiger partial charge in [-0.1, -0.05) is 12.8 Å². The molecule has 0 spiro atoms. The smallest absolute Gasteiger partial charge is 0.254 e. The van der Waals surface area contributed by atoms with E-state index in [0.717, 1.165) is 25.7 Å². The number of hydrogen-bond donors (Lipinski definition) is 2. The normalized spacial score (nSPS) is 20.5. The maximum atomic E-state index is 12.4. The van der Waals surface area contributed by atoms with Gasteiger partial charge in [0.25, 0.3) is 5.91 Å². The van der Waals surface area contributed by atoms with Crippen molar-refractivity contribution in [2.75, 3.05) is 18.9 Å². The third-order valence-electron chi connectivity index (χ3n) is 3.38. The molecule has 2 heterocycles. The summed E-state index contributed by atoms with van der Waals surface area (Å²) >= 11 is 0. The lowest BCUT2D eigenvalue weighted by molar-refractivity contribution is 0.0600. The molecular formula is C13H19N3O2. The molecule has 0 aliphatic carbocycles. The fraction of sp³-hybridized carbons (Fsp3) is 0.538. The molecule has 1 amide bonds. The molecule has 3 N–H and O–H groups in total. The first kappa shape index (κ1) is 12.8.